The number of furan rings is 1. The van der Waals surface area contributed by atoms with Gasteiger partial charge in [0.15, 0.2) is 5.76 Å². The highest BCUT2D eigenvalue weighted by molar-refractivity contribution is 7.07. The molecule has 0 atom stereocenters. The SMILES string of the molecule is COc1ccc(O)c(C=Nn2c(-c3ccco3)csc2=NC(C)C)c1. The van der Waals surface area contributed by atoms with Crippen LogP contribution in [0, 0.1) is 0 Å². The van der Waals surface area contributed by atoms with E-state index >= 15 is 0 Å². The second-order valence-corrected chi connectivity index (χ2v) is 6.42. The van der Waals surface area contributed by atoms with Crippen LogP contribution in [0.15, 0.2) is 56.5 Å². The number of rotatable bonds is 5. The predicted octanol–water partition coefficient (Wildman–Crippen LogP) is 3.72. The summed E-state index contributed by atoms with van der Waals surface area (Å²) in [5.74, 6) is 1.48. The fourth-order valence-corrected chi connectivity index (χ4v) is 3.15. The molecule has 1 aromatic carbocycles. The molecule has 0 bridgehead atoms. The smallest absolute Gasteiger partial charge is 0.206 e. The Bertz CT molecular complexity index is 937. The van der Waals surface area contributed by atoms with E-state index in [1.807, 2.05) is 31.4 Å². The number of aromatic hydroxyl groups is 1. The molecule has 2 heterocycles. The third-order valence-corrected chi connectivity index (χ3v) is 4.20. The van der Waals surface area contributed by atoms with Crippen molar-refractivity contribution in [2.24, 2.45) is 10.1 Å². The van der Waals surface area contributed by atoms with Crippen LogP contribution in [0.5, 0.6) is 11.5 Å². The maximum absolute atomic E-state index is 10.0. The van der Waals surface area contributed by atoms with E-state index in [2.05, 4.69) is 10.1 Å². The van der Waals surface area contributed by atoms with Gasteiger partial charge in [0.1, 0.15) is 17.2 Å². The molecule has 25 heavy (non-hydrogen) atoms. The van der Waals surface area contributed by atoms with Crippen LogP contribution in [0.2, 0.25) is 0 Å². The summed E-state index contributed by atoms with van der Waals surface area (Å²) in [4.78, 5) is 5.35. The van der Waals surface area contributed by atoms with E-state index < -0.39 is 0 Å². The average Bonchev–Trinajstić information content (AvgIpc) is 3.23. The first kappa shape index (κ1) is 17.0. The van der Waals surface area contributed by atoms with Gasteiger partial charge in [-0.3, -0.25) is 4.99 Å². The van der Waals surface area contributed by atoms with Crippen molar-refractivity contribution in [3.8, 4) is 23.0 Å². The molecule has 2 aromatic heterocycles. The highest BCUT2D eigenvalue weighted by Gasteiger charge is 2.10. The molecule has 0 saturated heterocycles. The van der Waals surface area contributed by atoms with Gasteiger partial charge in [0, 0.05) is 17.0 Å². The lowest BCUT2D eigenvalue weighted by atomic mass is 10.2. The quantitative estimate of drug-likeness (QED) is 0.708. The van der Waals surface area contributed by atoms with Gasteiger partial charge >= 0.3 is 0 Å². The first-order chi connectivity index (χ1) is 12.1. The molecule has 7 heteroatoms. The third kappa shape index (κ3) is 3.83. The summed E-state index contributed by atoms with van der Waals surface area (Å²) in [6.07, 6.45) is 3.20. The van der Waals surface area contributed by atoms with Gasteiger partial charge in [-0.2, -0.15) is 5.10 Å². The molecule has 3 rings (SSSR count). The summed E-state index contributed by atoms with van der Waals surface area (Å²) < 4.78 is 12.4. The summed E-state index contributed by atoms with van der Waals surface area (Å²) in [5.41, 5.74) is 1.35. The number of hydrogen-bond acceptors (Lipinski definition) is 6. The lowest BCUT2D eigenvalue weighted by molar-refractivity contribution is 0.412. The molecule has 130 valence electrons. The van der Waals surface area contributed by atoms with Crippen LogP contribution in [0.1, 0.15) is 19.4 Å². The highest BCUT2D eigenvalue weighted by Crippen LogP contribution is 2.23. The van der Waals surface area contributed by atoms with Gasteiger partial charge < -0.3 is 14.3 Å². The van der Waals surface area contributed by atoms with Crippen molar-refractivity contribution >= 4 is 17.6 Å². The summed E-state index contributed by atoms with van der Waals surface area (Å²) >= 11 is 1.49. The summed E-state index contributed by atoms with van der Waals surface area (Å²) in [5, 5.41) is 16.5. The number of benzene rings is 1. The highest BCUT2D eigenvalue weighted by atomic mass is 32.1. The molecule has 0 saturated carbocycles. The number of methoxy groups -OCH3 is 1. The van der Waals surface area contributed by atoms with Gasteiger partial charge in [-0.05, 0) is 44.2 Å². The van der Waals surface area contributed by atoms with Crippen LogP contribution in [0.3, 0.4) is 0 Å². The molecule has 0 amide bonds. The van der Waals surface area contributed by atoms with Crippen LogP contribution < -0.4 is 9.54 Å². The van der Waals surface area contributed by atoms with Crippen molar-refractivity contribution < 1.29 is 14.3 Å². The molecule has 0 aliphatic heterocycles. The Labute approximate surface area is 149 Å². The van der Waals surface area contributed by atoms with E-state index in [-0.39, 0.29) is 11.8 Å². The Morgan fingerprint density at radius 1 is 1.32 bits per heavy atom. The number of phenols is 1. The van der Waals surface area contributed by atoms with Crippen molar-refractivity contribution in [3.63, 3.8) is 0 Å². The van der Waals surface area contributed by atoms with Gasteiger partial charge in [0.05, 0.1) is 19.6 Å². The topological polar surface area (TPSA) is 72.2 Å². The van der Waals surface area contributed by atoms with Crippen LogP contribution in [0.25, 0.3) is 11.5 Å². The molecule has 3 aromatic rings. The van der Waals surface area contributed by atoms with E-state index in [0.29, 0.717) is 17.1 Å². The van der Waals surface area contributed by atoms with Crippen LogP contribution in [0.4, 0.5) is 0 Å². The number of nitrogens with zero attached hydrogens (tertiary/aromatic N) is 3. The minimum atomic E-state index is 0.127. The predicted molar refractivity (Wildman–Crippen MR) is 98.4 cm³/mol. The zero-order valence-electron chi connectivity index (χ0n) is 14.2. The molecule has 0 aliphatic carbocycles. The fraction of sp³-hybridized carbons (Fsp3) is 0.222. The van der Waals surface area contributed by atoms with E-state index in [1.54, 1.807) is 42.5 Å². The monoisotopic (exact) mass is 357 g/mol. The molecular weight excluding hydrogens is 338 g/mol. The van der Waals surface area contributed by atoms with Gasteiger partial charge in [0.2, 0.25) is 4.80 Å². The van der Waals surface area contributed by atoms with Gasteiger partial charge in [-0.15, -0.1) is 11.3 Å². The zero-order chi connectivity index (χ0) is 17.8. The number of thiazole rings is 1. The van der Waals surface area contributed by atoms with Crippen molar-refractivity contribution in [1.29, 1.82) is 0 Å². The number of ether oxygens (including phenoxy) is 1. The number of aromatic nitrogens is 1. The molecule has 0 spiro atoms. The van der Waals surface area contributed by atoms with E-state index in [4.69, 9.17) is 9.15 Å². The standard InChI is InChI=1S/C18H19N3O3S/c1-12(2)20-18-21(15(11-25-18)17-5-4-8-24-17)19-10-13-9-14(23-3)6-7-16(13)22/h4-12,22H,1-3H3. The molecule has 0 unspecified atom stereocenters. The molecule has 0 aliphatic rings. The van der Waals surface area contributed by atoms with Crippen LogP contribution >= 0.6 is 11.3 Å². The number of phenolic OH excluding ortho intramolecular Hbond substituents is 1. The summed E-state index contributed by atoms with van der Waals surface area (Å²) in [6.45, 7) is 4.02. The van der Waals surface area contributed by atoms with E-state index in [9.17, 15) is 5.11 Å². The Balaban J connectivity index is 2.08. The second kappa shape index (κ2) is 7.40. The van der Waals surface area contributed by atoms with E-state index in [0.717, 1.165) is 10.5 Å². The van der Waals surface area contributed by atoms with Crippen molar-refractivity contribution in [3.05, 3.63) is 52.3 Å². The minimum absolute atomic E-state index is 0.127. The van der Waals surface area contributed by atoms with Gasteiger partial charge in [0.25, 0.3) is 0 Å². The van der Waals surface area contributed by atoms with E-state index in [1.165, 1.54) is 11.3 Å². The first-order valence-electron chi connectivity index (χ1n) is 7.78. The minimum Gasteiger partial charge on any atom is -0.507 e. The Kier molecular flexibility index (Phi) is 5.04. The maximum Gasteiger partial charge on any atom is 0.206 e. The zero-order valence-corrected chi connectivity index (χ0v) is 15.0. The van der Waals surface area contributed by atoms with Crippen molar-refractivity contribution in [2.45, 2.75) is 19.9 Å². The Hall–Kier alpha value is -2.80. The second-order valence-electron chi connectivity index (χ2n) is 5.58. The molecule has 0 radical (unpaired) electrons. The lowest BCUT2D eigenvalue weighted by Crippen LogP contribution is -2.14. The third-order valence-electron chi connectivity index (χ3n) is 3.37. The summed E-state index contributed by atoms with van der Waals surface area (Å²) in [7, 11) is 1.58. The van der Waals surface area contributed by atoms with Crippen LogP contribution in [-0.4, -0.2) is 29.1 Å². The number of hydrogen-bond donors (Lipinski definition) is 1. The summed E-state index contributed by atoms with van der Waals surface area (Å²) in [6, 6.07) is 8.82. The lowest BCUT2D eigenvalue weighted by Gasteiger charge is -2.04. The fourth-order valence-electron chi connectivity index (χ4n) is 2.20. The molecule has 1 N–H and O–H groups in total. The van der Waals surface area contributed by atoms with Gasteiger partial charge in [-0.25, -0.2) is 4.68 Å². The Morgan fingerprint density at radius 3 is 2.84 bits per heavy atom. The van der Waals surface area contributed by atoms with Crippen LogP contribution in [-0.2, 0) is 0 Å². The molecule has 0 fully saturated rings. The Morgan fingerprint density at radius 2 is 2.16 bits per heavy atom. The normalized spacial score (nSPS) is 12.4. The van der Waals surface area contributed by atoms with Crippen molar-refractivity contribution in [2.75, 3.05) is 7.11 Å². The maximum atomic E-state index is 10.0. The molecule has 6 nitrogen and oxygen atoms in total. The largest absolute Gasteiger partial charge is 0.507 e. The van der Waals surface area contributed by atoms with Crippen molar-refractivity contribution in [1.82, 2.24) is 4.68 Å². The first-order valence-corrected chi connectivity index (χ1v) is 8.66. The average molecular weight is 357 g/mol. The molecular formula is C18H19N3O3S. The van der Waals surface area contributed by atoms with Gasteiger partial charge in [-0.1, -0.05) is 0 Å².